The smallest absolute Gasteiger partial charge is 0.0818 e. The van der Waals surface area contributed by atoms with E-state index >= 15 is 0 Å². The molecule has 0 aliphatic carbocycles. The molecule has 0 atom stereocenters. The lowest BCUT2D eigenvalue weighted by Crippen LogP contribution is -2.46. The summed E-state index contributed by atoms with van der Waals surface area (Å²) < 4.78 is 5.40. The van der Waals surface area contributed by atoms with Crippen LogP contribution in [0.4, 0.5) is 0 Å². The van der Waals surface area contributed by atoms with Crippen LogP contribution in [-0.4, -0.2) is 40.3 Å². The van der Waals surface area contributed by atoms with Gasteiger partial charge in [-0.05, 0) is 23.3 Å². The first kappa shape index (κ1) is 16.1. The molecule has 1 saturated heterocycles. The number of ether oxygens (including phenoxy) is 1. The van der Waals surface area contributed by atoms with E-state index in [0.29, 0.717) is 32.6 Å². The zero-order chi connectivity index (χ0) is 16.0. The fourth-order valence-corrected chi connectivity index (χ4v) is 3.08. The summed E-state index contributed by atoms with van der Waals surface area (Å²) in [7, 11) is 0. The Morgan fingerprint density at radius 3 is 2.22 bits per heavy atom. The van der Waals surface area contributed by atoms with Crippen molar-refractivity contribution < 1.29 is 9.84 Å². The molecular formula is C19H24N2O2. The van der Waals surface area contributed by atoms with Crippen LogP contribution in [0.15, 0.2) is 54.9 Å². The van der Waals surface area contributed by atoms with Crippen LogP contribution in [0.25, 0.3) is 0 Å². The molecule has 1 N–H and O–H groups in total. The molecular weight excluding hydrogens is 288 g/mol. The molecule has 0 spiro atoms. The van der Waals surface area contributed by atoms with Crippen LogP contribution < -0.4 is 0 Å². The van der Waals surface area contributed by atoms with E-state index in [1.807, 2.05) is 30.6 Å². The first-order chi connectivity index (χ1) is 11.2. The number of aromatic nitrogens is 1. The van der Waals surface area contributed by atoms with Gasteiger partial charge in [0.1, 0.15) is 0 Å². The second-order valence-electron chi connectivity index (χ2n) is 6.32. The van der Waals surface area contributed by atoms with Crippen LogP contribution in [0.2, 0.25) is 0 Å². The Bertz CT molecular complexity index is 541. The molecule has 3 rings (SSSR count). The van der Waals surface area contributed by atoms with Crippen LogP contribution in [0, 0.1) is 0 Å². The first-order valence-electron chi connectivity index (χ1n) is 8.19. The summed E-state index contributed by atoms with van der Waals surface area (Å²) >= 11 is 0. The normalized spacial score (nSPS) is 17.3. The maximum Gasteiger partial charge on any atom is 0.0818 e. The van der Waals surface area contributed by atoms with Crippen molar-refractivity contribution in [1.82, 2.24) is 9.88 Å². The van der Waals surface area contributed by atoms with Gasteiger partial charge in [0.25, 0.3) is 0 Å². The molecule has 1 aliphatic heterocycles. The Labute approximate surface area is 137 Å². The van der Waals surface area contributed by atoms with Gasteiger partial charge in [0.2, 0.25) is 0 Å². The predicted molar refractivity (Wildman–Crippen MR) is 89.8 cm³/mol. The zero-order valence-corrected chi connectivity index (χ0v) is 13.4. The average molecular weight is 312 g/mol. The van der Waals surface area contributed by atoms with E-state index in [1.165, 1.54) is 11.1 Å². The molecule has 1 aromatic carbocycles. The summed E-state index contributed by atoms with van der Waals surface area (Å²) in [6.07, 6.45) is 5.04. The van der Waals surface area contributed by atoms with Gasteiger partial charge in [0.15, 0.2) is 0 Å². The van der Waals surface area contributed by atoms with Gasteiger partial charge in [0.05, 0.1) is 5.60 Å². The number of hydrogen-bond donors (Lipinski definition) is 1. The second kappa shape index (κ2) is 7.68. The highest BCUT2D eigenvalue weighted by atomic mass is 16.5. The molecule has 1 aromatic heterocycles. The molecule has 0 bridgehead atoms. The van der Waals surface area contributed by atoms with Crippen molar-refractivity contribution in [1.29, 1.82) is 0 Å². The second-order valence-corrected chi connectivity index (χ2v) is 6.32. The zero-order valence-electron chi connectivity index (χ0n) is 13.4. The Kier molecular flexibility index (Phi) is 5.39. The summed E-state index contributed by atoms with van der Waals surface area (Å²) in [5.41, 5.74) is 1.82. The van der Waals surface area contributed by atoms with Crippen molar-refractivity contribution >= 4 is 0 Å². The van der Waals surface area contributed by atoms with Crippen molar-refractivity contribution in [2.75, 3.05) is 19.8 Å². The minimum absolute atomic E-state index is 0.644. The van der Waals surface area contributed by atoms with Crippen LogP contribution >= 0.6 is 0 Å². The molecule has 0 unspecified atom stereocenters. The molecule has 2 heterocycles. The molecule has 1 fully saturated rings. The fourth-order valence-electron chi connectivity index (χ4n) is 3.08. The first-order valence-corrected chi connectivity index (χ1v) is 8.19. The van der Waals surface area contributed by atoms with E-state index in [9.17, 15) is 5.11 Å². The van der Waals surface area contributed by atoms with Crippen molar-refractivity contribution in [2.45, 2.75) is 31.5 Å². The fraction of sp³-hybridized carbons (Fsp3) is 0.421. The van der Waals surface area contributed by atoms with Gasteiger partial charge in [-0.15, -0.1) is 0 Å². The molecule has 0 saturated carbocycles. The topological polar surface area (TPSA) is 45.6 Å². The van der Waals surface area contributed by atoms with Gasteiger partial charge in [-0.1, -0.05) is 30.3 Å². The number of nitrogens with zero attached hydrogens (tertiary/aromatic N) is 2. The average Bonchev–Trinajstić information content (AvgIpc) is 2.57. The van der Waals surface area contributed by atoms with Crippen molar-refractivity contribution in [3.63, 3.8) is 0 Å². The van der Waals surface area contributed by atoms with Gasteiger partial charge in [-0.25, -0.2) is 0 Å². The van der Waals surface area contributed by atoms with Crippen LogP contribution in [0.1, 0.15) is 24.0 Å². The van der Waals surface area contributed by atoms with E-state index in [1.54, 1.807) is 0 Å². The van der Waals surface area contributed by atoms with E-state index in [0.717, 1.165) is 13.1 Å². The Balaban J connectivity index is 1.72. The van der Waals surface area contributed by atoms with Crippen LogP contribution in [0.3, 0.4) is 0 Å². The quantitative estimate of drug-likeness (QED) is 0.890. The minimum Gasteiger partial charge on any atom is -0.388 e. The number of pyridine rings is 1. The standard InChI is InChI=1S/C19H24N2O2/c22-19(8-12-23-13-9-19)16-21(14-17-4-2-1-3-5-17)15-18-6-10-20-11-7-18/h1-7,10-11,22H,8-9,12-16H2. The predicted octanol–water partition coefficient (Wildman–Crippen LogP) is 2.63. The molecule has 0 amide bonds. The van der Waals surface area contributed by atoms with Gasteiger partial charge in [0, 0.05) is 58.1 Å². The maximum absolute atomic E-state index is 10.9. The van der Waals surface area contributed by atoms with E-state index < -0.39 is 5.60 Å². The Hall–Kier alpha value is -1.75. The monoisotopic (exact) mass is 312 g/mol. The molecule has 4 nitrogen and oxygen atoms in total. The Morgan fingerprint density at radius 1 is 0.957 bits per heavy atom. The number of rotatable bonds is 6. The van der Waals surface area contributed by atoms with Crippen LogP contribution in [-0.2, 0) is 17.8 Å². The lowest BCUT2D eigenvalue weighted by Gasteiger charge is -2.37. The highest BCUT2D eigenvalue weighted by Gasteiger charge is 2.32. The lowest BCUT2D eigenvalue weighted by atomic mass is 9.93. The molecule has 0 radical (unpaired) electrons. The maximum atomic E-state index is 10.9. The van der Waals surface area contributed by atoms with E-state index in [2.05, 4.69) is 34.1 Å². The summed E-state index contributed by atoms with van der Waals surface area (Å²) in [5.74, 6) is 0. The summed E-state index contributed by atoms with van der Waals surface area (Å²) in [5, 5.41) is 10.9. The molecule has 122 valence electrons. The Morgan fingerprint density at radius 2 is 1.57 bits per heavy atom. The highest BCUT2D eigenvalue weighted by Crippen LogP contribution is 2.23. The highest BCUT2D eigenvalue weighted by molar-refractivity contribution is 5.16. The number of hydrogen-bond acceptors (Lipinski definition) is 4. The molecule has 4 heteroatoms. The van der Waals surface area contributed by atoms with Crippen molar-refractivity contribution in [3.05, 3.63) is 66.0 Å². The van der Waals surface area contributed by atoms with Crippen molar-refractivity contribution in [3.8, 4) is 0 Å². The number of benzene rings is 1. The van der Waals surface area contributed by atoms with Crippen molar-refractivity contribution in [2.24, 2.45) is 0 Å². The van der Waals surface area contributed by atoms with E-state index in [4.69, 9.17) is 4.74 Å². The van der Waals surface area contributed by atoms with Gasteiger partial charge < -0.3 is 9.84 Å². The van der Waals surface area contributed by atoms with Gasteiger partial charge in [-0.3, -0.25) is 9.88 Å². The molecule has 1 aliphatic rings. The summed E-state index contributed by atoms with van der Waals surface area (Å²) in [6.45, 7) is 3.58. The minimum atomic E-state index is -0.653. The van der Waals surface area contributed by atoms with Crippen LogP contribution in [0.5, 0.6) is 0 Å². The third kappa shape index (κ3) is 4.86. The third-order valence-corrected chi connectivity index (χ3v) is 4.35. The lowest BCUT2D eigenvalue weighted by molar-refractivity contribution is -0.0821. The number of aliphatic hydroxyl groups is 1. The van der Waals surface area contributed by atoms with Gasteiger partial charge in [-0.2, -0.15) is 0 Å². The van der Waals surface area contributed by atoms with E-state index in [-0.39, 0.29) is 0 Å². The third-order valence-electron chi connectivity index (χ3n) is 4.35. The van der Waals surface area contributed by atoms with Gasteiger partial charge >= 0.3 is 0 Å². The molecule has 23 heavy (non-hydrogen) atoms. The molecule has 2 aromatic rings. The largest absolute Gasteiger partial charge is 0.388 e. The SMILES string of the molecule is OC1(CN(Cc2ccccc2)Cc2ccncc2)CCOCC1. The summed E-state index contributed by atoms with van der Waals surface area (Å²) in [6, 6.07) is 14.5. The summed E-state index contributed by atoms with van der Waals surface area (Å²) in [4.78, 5) is 6.40.